The van der Waals surface area contributed by atoms with E-state index in [4.69, 9.17) is 9.47 Å². The number of hydrogen-bond acceptors (Lipinski definition) is 5. The van der Waals surface area contributed by atoms with Gasteiger partial charge in [0.15, 0.2) is 0 Å². The van der Waals surface area contributed by atoms with Gasteiger partial charge in [0.05, 0.1) is 19.9 Å². The van der Waals surface area contributed by atoms with Gasteiger partial charge in [0.1, 0.15) is 11.5 Å². The quantitative estimate of drug-likeness (QED) is 0.762. The lowest BCUT2D eigenvalue weighted by Gasteiger charge is -2.22. The molecule has 1 aliphatic rings. The molecule has 6 heteroatoms. The van der Waals surface area contributed by atoms with Crippen LogP contribution in [0.2, 0.25) is 0 Å². The standard InChI is InChI=1S/C18H29N3O3/c1-13(19-12-14-6-5-9-21(14)2)10-18(22)20-16-11-15(23-3)7-8-17(16)24-4/h7-8,11,13-14,19H,5-6,9-10,12H2,1-4H3,(H,20,22). The van der Waals surface area contributed by atoms with Gasteiger partial charge in [-0.1, -0.05) is 0 Å². The number of anilines is 1. The highest BCUT2D eigenvalue weighted by Gasteiger charge is 2.21. The molecule has 1 amide bonds. The van der Waals surface area contributed by atoms with Gasteiger partial charge in [0, 0.05) is 31.1 Å². The van der Waals surface area contributed by atoms with Crippen molar-refractivity contribution in [3.63, 3.8) is 0 Å². The Hall–Kier alpha value is -1.79. The van der Waals surface area contributed by atoms with E-state index in [1.165, 1.54) is 12.8 Å². The highest BCUT2D eigenvalue weighted by atomic mass is 16.5. The zero-order chi connectivity index (χ0) is 17.5. The maximum atomic E-state index is 12.3. The van der Waals surface area contributed by atoms with E-state index < -0.39 is 0 Å². The maximum absolute atomic E-state index is 12.3. The molecule has 6 nitrogen and oxygen atoms in total. The molecule has 0 spiro atoms. The minimum Gasteiger partial charge on any atom is -0.497 e. The van der Waals surface area contributed by atoms with Crippen LogP contribution in [0.25, 0.3) is 0 Å². The summed E-state index contributed by atoms with van der Waals surface area (Å²) in [5.41, 5.74) is 0.629. The molecule has 2 atom stereocenters. The highest BCUT2D eigenvalue weighted by molar-refractivity contribution is 5.92. The zero-order valence-electron chi connectivity index (χ0n) is 15.1. The molecule has 1 fully saturated rings. The van der Waals surface area contributed by atoms with Crippen LogP contribution in [0.1, 0.15) is 26.2 Å². The Kier molecular flexibility index (Phi) is 6.87. The predicted molar refractivity (Wildman–Crippen MR) is 95.9 cm³/mol. The lowest BCUT2D eigenvalue weighted by atomic mass is 10.1. The summed E-state index contributed by atoms with van der Waals surface area (Å²) < 4.78 is 10.5. The van der Waals surface area contributed by atoms with E-state index in [-0.39, 0.29) is 11.9 Å². The van der Waals surface area contributed by atoms with Crippen LogP contribution in [0.3, 0.4) is 0 Å². The first-order valence-corrected chi connectivity index (χ1v) is 8.49. The number of carbonyl (C=O) groups is 1. The summed E-state index contributed by atoms with van der Waals surface area (Å²) >= 11 is 0. The summed E-state index contributed by atoms with van der Waals surface area (Å²) in [4.78, 5) is 14.7. The van der Waals surface area contributed by atoms with Crippen molar-refractivity contribution in [2.24, 2.45) is 0 Å². The Bertz CT molecular complexity index is 550. The van der Waals surface area contributed by atoms with Crippen molar-refractivity contribution in [3.8, 4) is 11.5 Å². The fourth-order valence-corrected chi connectivity index (χ4v) is 3.04. The van der Waals surface area contributed by atoms with Gasteiger partial charge < -0.3 is 25.0 Å². The fourth-order valence-electron chi connectivity index (χ4n) is 3.04. The number of amides is 1. The monoisotopic (exact) mass is 335 g/mol. The molecule has 24 heavy (non-hydrogen) atoms. The number of ether oxygens (including phenoxy) is 2. The van der Waals surface area contributed by atoms with E-state index in [2.05, 4.69) is 22.6 Å². The first-order chi connectivity index (χ1) is 11.5. The van der Waals surface area contributed by atoms with Gasteiger partial charge in [0.25, 0.3) is 0 Å². The summed E-state index contributed by atoms with van der Waals surface area (Å²) in [5, 5.41) is 6.37. The molecule has 134 valence electrons. The van der Waals surface area contributed by atoms with Crippen LogP contribution < -0.4 is 20.1 Å². The van der Waals surface area contributed by atoms with Crippen LogP contribution in [0.15, 0.2) is 18.2 Å². The Morgan fingerprint density at radius 3 is 2.79 bits per heavy atom. The lowest BCUT2D eigenvalue weighted by molar-refractivity contribution is -0.116. The summed E-state index contributed by atoms with van der Waals surface area (Å²) in [6.07, 6.45) is 2.90. The van der Waals surface area contributed by atoms with Crippen LogP contribution in [0, 0.1) is 0 Å². The topological polar surface area (TPSA) is 62.8 Å². The zero-order valence-corrected chi connectivity index (χ0v) is 15.1. The van der Waals surface area contributed by atoms with Gasteiger partial charge in [-0.2, -0.15) is 0 Å². The third-order valence-corrected chi connectivity index (χ3v) is 4.55. The first kappa shape index (κ1) is 18.5. The van der Waals surface area contributed by atoms with E-state index in [1.54, 1.807) is 32.4 Å². The van der Waals surface area contributed by atoms with Crippen molar-refractivity contribution >= 4 is 11.6 Å². The van der Waals surface area contributed by atoms with E-state index in [9.17, 15) is 4.79 Å². The summed E-state index contributed by atoms with van der Waals surface area (Å²) in [6.45, 7) is 4.13. The number of nitrogens with zero attached hydrogens (tertiary/aromatic N) is 1. The Morgan fingerprint density at radius 1 is 1.38 bits per heavy atom. The molecule has 0 saturated carbocycles. The molecular formula is C18H29N3O3. The molecule has 2 unspecified atom stereocenters. The number of carbonyl (C=O) groups excluding carboxylic acids is 1. The van der Waals surface area contributed by atoms with Crippen LogP contribution in [0.4, 0.5) is 5.69 Å². The van der Waals surface area contributed by atoms with E-state index >= 15 is 0 Å². The molecule has 1 aliphatic heterocycles. The molecule has 1 aromatic carbocycles. The van der Waals surface area contributed by atoms with Crippen LogP contribution in [-0.2, 0) is 4.79 Å². The summed E-state index contributed by atoms with van der Waals surface area (Å²) in [6, 6.07) is 6.05. The van der Waals surface area contributed by atoms with E-state index in [1.807, 2.05) is 6.92 Å². The van der Waals surface area contributed by atoms with Crippen molar-refractivity contribution in [2.75, 3.05) is 39.7 Å². The number of benzene rings is 1. The molecule has 2 N–H and O–H groups in total. The third kappa shape index (κ3) is 5.11. The molecule has 0 radical (unpaired) electrons. The number of likely N-dealkylation sites (N-methyl/N-ethyl adjacent to an activating group) is 1. The third-order valence-electron chi connectivity index (χ3n) is 4.55. The minimum absolute atomic E-state index is 0.0404. The van der Waals surface area contributed by atoms with Gasteiger partial charge in [-0.25, -0.2) is 0 Å². The highest BCUT2D eigenvalue weighted by Crippen LogP contribution is 2.29. The van der Waals surface area contributed by atoms with E-state index in [0.717, 1.165) is 13.1 Å². The normalized spacial score (nSPS) is 19.1. The lowest BCUT2D eigenvalue weighted by Crippen LogP contribution is -2.40. The Morgan fingerprint density at radius 2 is 2.17 bits per heavy atom. The molecule has 2 rings (SSSR count). The van der Waals surface area contributed by atoms with Crippen molar-refractivity contribution < 1.29 is 14.3 Å². The first-order valence-electron chi connectivity index (χ1n) is 8.49. The predicted octanol–water partition coefficient (Wildman–Crippen LogP) is 2.10. The van der Waals surface area contributed by atoms with Crippen molar-refractivity contribution in [2.45, 2.75) is 38.3 Å². The smallest absolute Gasteiger partial charge is 0.226 e. The molecule has 1 heterocycles. The number of likely N-dealkylation sites (tertiary alicyclic amines) is 1. The summed E-state index contributed by atoms with van der Waals surface area (Å²) in [5.74, 6) is 1.26. The molecule has 0 aliphatic carbocycles. The van der Waals surface area contributed by atoms with Gasteiger partial charge in [-0.3, -0.25) is 4.79 Å². The fraction of sp³-hybridized carbons (Fsp3) is 0.611. The SMILES string of the molecule is COc1ccc(OC)c(NC(=O)CC(C)NCC2CCCN2C)c1. The minimum atomic E-state index is -0.0404. The maximum Gasteiger partial charge on any atom is 0.226 e. The van der Waals surface area contributed by atoms with Crippen LogP contribution in [0.5, 0.6) is 11.5 Å². The largest absolute Gasteiger partial charge is 0.497 e. The molecule has 0 bridgehead atoms. The van der Waals surface area contributed by atoms with Gasteiger partial charge >= 0.3 is 0 Å². The van der Waals surface area contributed by atoms with Gasteiger partial charge in [-0.05, 0) is 45.5 Å². The Labute approximate surface area is 144 Å². The molecule has 1 aromatic rings. The second-order valence-corrected chi connectivity index (χ2v) is 6.40. The number of methoxy groups -OCH3 is 2. The molecular weight excluding hydrogens is 306 g/mol. The molecule has 1 saturated heterocycles. The van der Waals surface area contributed by atoms with Crippen LogP contribution in [-0.4, -0.2) is 57.2 Å². The number of hydrogen-bond donors (Lipinski definition) is 2. The number of rotatable bonds is 8. The van der Waals surface area contributed by atoms with E-state index in [0.29, 0.717) is 29.6 Å². The average Bonchev–Trinajstić information content (AvgIpc) is 2.97. The van der Waals surface area contributed by atoms with Crippen molar-refractivity contribution in [1.82, 2.24) is 10.2 Å². The molecule has 0 aromatic heterocycles. The van der Waals surface area contributed by atoms with Crippen LogP contribution >= 0.6 is 0 Å². The second-order valence-electron chi connectivity index (χ2n) is 6.40. The number of nitrogens with one attached hydrogen (secondary N) is 2. The second kappa shape index (κ2) is 8.89. The summed E-state index contributed by atoms with van der Waals surface area (Å²) in [7, 11) is 5.34. The van der Waals surface area contributed by atoms with Crippen molar-refractivity contribution in [3.05, 3.63) is 18.2 Å². The average molecular weight is 335 g/mol. The van der Waals surface area contributed by atoms with Gasteiger partial charge in [-0.15, -0.1) is 0 Å². The van der Waals surface area contributed by atoms with Crippen molar-refractivity contribution in [1.29, 1.82) is 0 Å². The van der Waals surface area contributed by atoms with Gasteiger partial charge in [0.2, 0.25) is 5.91 Å². The Balaban J connectivity index is 1.83.